The molecule has 1 aliphatic carbocycles. The van der Waals surface area contributed by atoms with Gasteiger partial charge < -0.3 is 19.8 Å². The van der Waals surface area contributed by atoms with Crippen LogP contribution in [0, 0.1) is 19.8 Å². The van der Waals surface area contributed by atoms with Crippen LogP contribution in [-0.2, 0) is 17.9 Å². The monoisotopic (exact) mass is 487 g/mol. The smallest absolute Gasteiger partial charge is 0.336 e. The minimum absolute atomic E-state index is 0.0149. The Labute approximate surface area is 210 Å². The lowest BCUT2D eigenvalue weighted by atomic mass is 9.93. The third-order valence-electron chi connectivity index (χ3n) is 6.47. The summed E-state index contributed by atoms with van der Waals surface area (Å²) in [6, 6.07) is 16.1. The van der Waals surface area contributed by atoms with Crippen LogP contribution in [0.25, 0.3) is 0 Å². The van der Waals surface area contributed by atoms with Gasteiger partial charge in [-0.3, -0.25) is 0 Å². The van der Waals surface area contributed by atoms with E-state index in [4.69, 9.17) is 9.57 Å². The van der Waals surface area contributed by atoms with Gasteiger partial charge in [0.1, 0.15) is 19.5 Å². The highest BCUT2D eigenvalue weighted by Crippen LogP contribution is 2.34. The van der Waals surface area contributed by atoms with Crippen LogP contribution in [0.3, 0.4) is 0 Å². The Kier molecular flexibility index (Phi) is 7.38. The topological polar surface area (TPSA) is 105 Å². The average Bonchev–Trinajstić information content (AvgIpc) is 3.68. The summed E-state index contributed by atoms with van der Waals surface area (Å²) in [5, 5.41) is 23.1. The van der Waals surface area contributed by atoms with Gasteiger partial charge in [-0.25, -0.2) is 9.59 Å². The maximum Gasteiger partial charge on any atom is 0.336 e. The summed E-state index contributed by atoms with van der Waals surface area (Å²) in [5.41, 5.74) is 6.40. The van der Waals surface area contributed by atoms with Crippen molar-refractivity contribution in [3.63, 3.8) is 0 Å². The van der Waals surface area contributed by atoms with Crippen molar-refractivity contribution in [2.45, 2.75) is 39.7 Å². The van der Waals surface area contributed by atoms with Crippen molar-refractivity contribution in [3.8, 4) is 5.75 Å². The fraction of sp³-hybridized carbons (Fsp3) is 0.276. The number of nitrogens with zero attached hydrogens (tertiary/aromatic N) is 1. The zero-order valence-corrected chi connectivity index (χ0v) is 20.6. The highest BCUT2D eigenvalue weighted by atomic mass is 16.6. The second kappa shape index (κ2) is 10.6. The van der Waals surface area contributed by atoms with Crippen LogP contribution in [-0.4, -0.2) is 35.0 Å². The molecule has 0 atom stereocenters. The van der Waals surface area contributed by atoms with Gasteiger partial charge in [0.25, 0.3) is 0 Å². The van der Waals surface area contributed by atoms with E-state index in [-0.39, 0.29) is 11.1 Å². The first kappa shape index (κ1) is 25.0. The zero-order chi connectivity index (χ0) is 25.8. The molecular formula is C29H29NO6. The molecule has 0 aromatic heterocycles. The molecule has 0 amide bonds. The number of hydrogen-bond acceptors (Lipinski definition) is 5. The highest BCUT2D eigenvalue weighted by molar-refractivity contribution is 6.03. The van der Waals surface area contributed by atoms with Crippen LogP contribution < -0.4 is 4.74 Å². The average molecular weight is 488 g/mol. The molecule has 7 heteroatoms. The normalized spacial score (nSPS) is 13.4. The van der Waals surface area contributed by atoms with E-state index in [1.165, 1.54) is 12.1 Å². The molecule has 3 aromatic carbocycles. The molecule has 0 unspecified atom stereocenters. The molecule has 0 radical (unpaired) electrons. The van der Waals surface area contributed by atoms with Crippen molar-refractivity contribution >= 4 is 17.7 Å². The molecule has 1 fully saturated rings. The van der Waals surface area contributed by atoms with Crippen molar-refractivity contribution in [2.24, 2.45) is 11.1 Å². The first-order valence-electron chi connectivity index (χ1n) is 11.8. The van der Waals surface area contributed by atoms with Gasteiger partial charge in [-0.1, -0.05) is 29.4 Å². The number of hydrogen-bond donors (Lipinski definition) is 2. The molecular weight excluding hydrogens is 458 g/mol. The van der Waals surface area contributed by atoms with E-state index in [0.717, 1.165) is 52.1 Å². The zero-order valence-electron chi connectivity index (χ0n) is 20.6. The van der Waals surface area contributed by atoms with Crippen molar-refractivity contribution in [3.05, 3.63) is 99.1 Å². The number of rotatable bonds is 10. The van der Waals surface area contributed by atoms with Crippen molar-refractivity contribution < 1.29 is 29.4 Å². The van der Waals surface area contributed by atoms with Gasteiger partial charge in [-0.15, -0.1) is 0 Å². The third kappa shape index (κ3) is 5.57. The minimum Gasteiger partial charge on any atom is -0.489 e. The molecule has 0 spiro atoms. The number of carbonyl (C=O) groups is 2. The van der Waals surface area contributed by atoms with E-state index in [9.17, 15) is 19.8 Å². The van der Waals surface area contributed by atoms with E-state index < -0.39 is 11.9 Å². The van der Waals surface area contributed by atoms with Gasteiger partial charge in [0.15, 0.2) is 0 Å². The summed E-state index contributed by atoms with van der Waals surface area (Å²) in [4.78, 5) is 28.2. The molecule has 1 saturated carbocycles. The second-order valence-electron chi connectivity index (χ2n) is 9.07. The van der Waals surface area contributed by atoms with Crippen LogP contribution in [0.4, 0.5) is 0 Å². The first-order chi connectivity index (χ1) is 17.3. The lowest BCUT2D eigenvalue weighted by Gasteiger charge is -2.17. The fourth-order valence-corrected chi connectivity index (χ4v) is 4.34. The van der Waals surface area contributed by atoms with Crippen molar-refractivity contribution in [2.75, 3.05) is 7.11 Å². The summed E-state index contributed by atoms with van der Waals surface area (Å²) in [5.74, 6) is -1.10. The minimum atomic E-state index is -1.16. The largest absolute Gasteiger partial charge is 0.489 e. The molecule has 4 rings (SSSR count). The molecule has 0 aliphatic heterocycles. The molecule has 1 aliphatic rings. The SMILES string of the molecule is CON=C(c1ccc(OCc2c(C)cccc2Cc2ccc(C(=O)O)cc2C(=O)O)c(C)c1)C1CC1. The Morgan fingerprint density at radius 1 is 0.917 bits per heavy atom. The first-order valence-corrected chi connectivity index (χ1v) is 11.8. The Hall–Kier alpha value is -4.13. The van der Waals surface area contributed by atoms with Crippen LogP contribution in [0.15, 0.2) is 59.8 Å². The van der Waals surface area contributed by atoms with E-state index in [0.29, 0.717) is 24.5 Å². The fourth-order valence-electron chi connectivity index (χ4n) is 4.34. The molecule has 7 nitrogen and oxygen atoms in total. The summed E-state index contributed by atoms with van der Waals surface area (Å²) in [6.45, 7) is 4.31. The van der Waals surface area contributed by atoms with E-state index in [1.54, 1.807) is 13.2 Å². The van der Waals surface area contributed by atoms with Gasteiger partial charge in [0, 0.05) is 11.5 Å². The lowest BCUT2D eigenvalue weighted by molar-refractivity contribution is 0.0695. The number of ether oxygens (including phenoxy) is 1. The summed E-state index contributed by atoms with van der Waals surface area (Å²) < 4.78 is 6.22. The summed E-state index contributed by atoms with van der Waals surface area (Å²) in [6.07, 6.45) is 2.59. The van der Waals surface area contributed by atoms with Crippen LogP contribution >= 0.6 is 0 Å². The van der Waals surface area contributed by atoms with Gasteiger partial charge in [0.2, 0.25) is 0 Å². The maximum absolute atomic E-state index is 11.8. The third-order valence-corrected chi connectivity index (χ3v) is 6.47. The van der Waals surface area contributed by atoms with Gasteiger partial charge >= 0.3 is 11.9 Å². The van der Waals surface area contributed by atoms with E-state index in [2.05, 4.69) is 11.2 Å². The second-order valence-corrected chi connectivity index (χ2v) is 9.07. The summed E-state index contributed by atoms with van der Waals surface area (Å²) in [7, 11) is 1.56. The van der Waals surface area contributed by atoms with Crippen molar-refractivity contribution in [1.82, 2.24) is 0 Å². The van der Waals surface area contributed by atoms with E-state index >= 15 is 0 Å². The number of benzene rings is 3. The Bertz CT molecular complexity index is 1340. The van der Waals surface area contributed by atoms with Crippen LogP contribution in [0.5, 0.6) is 5.75 Å². The van der Waals surface area contributed by atoms with Crippen LogP contribution in [0.2, 0.25) is 0 Å². The number of carboxylic acids is 2. The van der Waals surface area contributed by atoms with Crippen molar-refractivity contribution in [1.29, 1.82) is 0 Å². The number of aromatic carboxylic acids is 2. The quantitative estimate of drug-likeness (QED) is 0.284. The number of aryl methyl sites for hydroxylation is 2. The van der Waals surface area contributed by atoms with Crippen LogP contribution in [0.1, 0.15) is 66.9 Å². The molecule has 2 N–H and O–H groups in total. The highest BCUT2D eigenvalue weighted by Gasteiger charge is 2.29. The molecule has 0 saturated heterocycles. The van der Waals surface area contributed by atoms with Gasteiger partial charge in [0.05, 0.1) is 16.8 Å². The molecule has 0 heterocycles. The maximum atomic E-state index is 11.8. The Balaban J connectivity index is 1.57. The number of oxime groups is 1. The van der Waals surface area contributed by atoms with Gasteiger partial charge in [-0.05, 0) is 91.3 Å². The predicted molar refractivity (Wildman–Crippen MR) is 136 cm³/mol. The molecule has 186 valence electrons. The summed E-state index contributed by atoms with van der Waals surface area (Å²) >= 11 is 0. The molecule has 3 aromatic rings. The predicted octanol–water partition coefficient (Wildman–Crippen LogP) is 5.63. The molecule has 36 heavy (non-hydrogen) atoms. The van der Waals surface area contributed by atoms with Gasteiger partial charge in [-0.2, -0.15) is 0 Å². The standard InChI is InChI=1S/C29H29NO6/c1-17-5-4-6-20(14-21-9-10-23(28(31)32)15-24(21)29(33)34)25(17)16-36-26-12-11-22(13-18(26)2)27(30-35-3)19-7-8-19/h4-6,9-13,15,19H,7-8,14,16H2,1-3H3,(H,31,32)(H,33,34). The Morgan fingerprint density at radius 2 is 1.67 bits per heavy atom. The van der Waals surface area contributed by atoms with E-state index in [1.807, 2.05) is 44.2 Å². The lowest BCUT2D eigenvalue weighted by Crippen LogP contribution is -2.09. The number of carboxylic acid groups (broad SMARTS) is 2. The Morgan fingerprint density at radius 3 is 2.31 bits per heavy atom. The molecule has 0 bridgehead atoms.